The fourth-order valence-electron chi connectivity index (χ4n) is 1.37. The molecule has 100 valence electrons. The second-order valence-corrected chi connectivity index (χ2v) is 4.78. The van der Waals surface area contributed by atoms with E-state index in [1.807, 2.05) is 0 Å². The molecule has 1 heterocycles. The van der Waals surface area contributed by atoms with Crippen molar-refractivity contribution < 1.29 is 4.74 Å². The van der Waals surface area contributed by atoms with Crippen molar-refractivity contribution in [2.45, 2.75) is 5.16 Å². The summed E-state index contributed by atoms with van der Waals surface area (Å²) in [6, 6.07) is 7.12. The Hall–Kier alpha value is -2.09. The van der Waals surface area contributed by atoms with Gasteiger partial charge in [0.1, 0.15) is 11.6 Å². The Morgan fingerprint density at radius 1 is 1.42 bits per heavy atom. The summed E-state index contributed by atoms with van der Waals surface area (Å²) in [5.41, 5.74) is 6.06. The van der Waals surface area contributed by atoms with E-state index in [1.54, 1.807) is 36.0 Å². The minimum absolute atomic E-state index is 0.0527. The molecule has 0 unspecified atom stereocenters. The fourth-order valence-corrected chi connectivity index (χ4v) is 2.03. The van der Waals surface area contributed by atoms with Crippen LogP contribution in [0.2, 0.25) is 0 Å². The molecule has 0 saturated carbocycles. The maximum absolute atomic E-state index is 7.29. The van der Waals surface area contributed by atoms with E-state index in [2.05, 4.69) is 15.5 Å². The number of thioether (sulfide) groups is 1. The molecule has 0 spiro atoms. The van der Waals surface area contributed by atoms with Crippen molar-refractivity contribution in [2.75, 3.05) is 12.4 Å². The highest BCUT2D eigenvalue weighted by molar-refractivity contribution is 7.99. The zero-order chi connectivity index (χ0) is 13.7. The molecular formula is C11H14N6OS. The average Bonchev–Trinajstić information content (AvgIpc) is 2.81. The van der Waals surface area contributed by atoms with Crippen molar-refractivity contribution in [3.63, 3.8) is 0 Å². The Balaban J connectivity index is 1.76. The summed E-state index contributed by atoms with van der Waals surface area (Å²) in [4.78, 5) is 0. The number of nitrogens with one attached hydrogen (secondary N) is 1. The Morgan fingerprint density at radius 3 is 2.74 bits per heavy atom. The number of rotatable bonds is 6. The molecule has 0 saturated heterocycles. The average molecular weight is 278 g/mol. The lowest BCUT2D eigenvalue weighted by Crippen LogP contribution is -2.10. The Bertz CT molecular complexity index is 553. The third-order valence-electron chi connectivity index (χ3n) is 2.33. The van der Waals surface area contributed by atoms with Crippen LogP contribution in [0.25, 0.3) is 0 Å². The molecule has 7 nitrogen and oxygen atoms in total. The molecular weight excluding hydrogens is 264 g/mol. The normalized spacial score (nSPS) is 10.4. The number of benzene rings is 1. The number of hydrogen-bond donors (Lipinski definition) is 2. The highest BCUT2D eigenvalue weighted by atomic mass is 32.2. The quantitative estimate of drug-likeness (QED) is 0.348. The van der Waals surface area contributed by atoms with Crippen LogP contribution in [0.4, 0.5) is 0 Å². The number of nitrogen functional groups attached to an aromatic ring is 1. The van der Waals surface area contributed by atoms with Crippen LogP contribution in [0.1, 0.15) is 5.56 Å². The lowest BCUT2D eigenvalue weighted by atomic mass is 10.2. The van der Waals surface area contributed by atoms with Gasteiger partial charge in [-0.1, -0.05) is 11.8 Å². The zero-order valence-corrected chi connectivity index (χ0v) is 11.2. The van der Waals surface area contributed by atoms with Gasteiger partial charge in [0.2, 0.25) is 5.16 Å². The maximum atomic E-state index is 7.29. The predicted octanol–water partition coefficient (Wildman–Crippen LogP) is 0.665. The fraction of sp³-hybridized carbons (Fsp3) is 0.273. The Kier molecular flexibility index (Phi) is 4.35. The number of hydrogen-bond acceptors (Lipinski definition) is 6. The maximum Gasteiger partial charge on any atom is 0.209 e. The number of aryl methyl sites for hydroxylation is 1. The number of aromatic nitrogens is 4. The van der Waals surface area contributed by atoms with Gasteiger partial charge in [0.05, 0.1) is 6.61 Å². The topological polar surface area (TPSA) is 103 Å². The number of tetrazole rings is 1. The monoisotopic (exact) mass is 278 g/mol. The number of ether oxygens (including phenoxy) is 1. The largest absolute Gasteiger partial charge is 0.493 e. The Morgan fingerprint density at radius 2 is 2.16 bits per heavy atom. The van der Waals surface area contributed by atoms with E-state index in [-0.39, 0.29) is 5.84 Å². The molecule has 8 heteroatoms. The highest BCUT2D eigenvalue weighted by Gasteiger charge is 2.02. The van der Waals surface area contributed by atoms with Crippen LogP contribution in [0.5, 0.6) is 5.75 Å². The van der Waals surface area contributed by atoms with E-state index in [0.717, 1.165) is 16.7 Å². The van der Waals surface area contributed by atoms with Gasteiger partial charge in [-0.05, 0) is 34.7 Å². The summed E-state index contributed by atoms with van der Waals surface area (Å²) < 4.78 is 7.19. The molecule has 2 rings (SSSR count). The van der Waals surface area contributed by atoms with Crippen molar-refractivity contribution in [3.8, 4) is 5.75 Å². The summed E-state index contributed by atoms with van der Waals surface area (Å²) in [6.45, 7) is 0.553. The molecule has 1 aromatic heterocycles. The molecule has 0 amide bonds. The summed E-state index contributed by atoms with van der Waals surface area (Å²) in [5, 5.41) is 19.2. The van der Waals surface area contributed by atoms with Crippen molar-refractivity contribution >= 4 is 17.6 Å². The number of nitrogens with two attached hydrogens (primary N) is 1. The third-order valence-corrected chi connectivity index (χ3v) is 3.30. The second kappa shape index (κ2) is 6.19. The van der Waals surface area contributed by atoms with Gasteiger partial charge in [-0.15, -0.1) is 5.10 Å². The molecule has 0 atom stereocenters. The van der Waals surface area contributed by atoms with Crippen molar-refractivity contribution in [1.82, 2.24) is 20.2 Å². The van der Waals surface area contributed by atoms with Gasteiger partial charge in [-0.25, -0.2) is 4.68 Å². The number of amidine groups is 1. The Labute approximate surface area is 114 Å². The SMILES string of the molecule is Cn1nnnc1SCCOc1ccc(C(=N)N)cc1. The molecule has 0 aliphatic heterocycles. The first-order chi connectivity index (χ1) is 9.16. The van der Waals surface area contributed by atoms with Crippen LogP contribution in [-0.2, 0) is 7.05 Å². The van der Waals surface area contributed by atoms with Gasteiger partial charge < -0.3 is 10.5 Å². The van der Waals surface area contributed by atoms with E-state index in [4.69, 9.17) is 15.9 Å². The summed E-state index contributed by atoms with van der Waals surface area (Å²) in [7, 11) is 1.80. The second-order valence-electron chi connectivity index (χ2n) is 3.72. The van der Waals surface area contributed by atoms with Gasteiger partial charge in [0.15, 0.2) is 0 Å². The van der Waals surface area contributed by atoms with E-state index < -0.39 is 0 Å². The first-order valence-corrected chi connectivity index (χ1v) is 6.58. The van der Waals surface area contributed by atoms with Crippen molar-refractivity contribution in [3.05, 3.63) is 29.8 Å². The van der Waals surface area contributed by atoms with Crippen LogP contribution in [-0.4, -0.2) is 38.4 Å². The molecule has 3 N–H and O–H groups in total. The molecule has 2 aromatic rings. The third kappa shape index (κ3) is 3.68. The van der Waals surface area contributed by atoms with Crippen LogP contribution in [0.15, 0.2) is 29.4 Å². The van der Waals surface area contributed by atoms with Crippen molar-refractivity contribution in [2.24, 2.45) is 12.8 Å². The first kappa shape index (κ1) is 13.3. The molecule has 0 aliphatic carbocycles. The van der Waals surface area contributed by atoms with Crippen LogP contribution >= 0.6 is 11.8 Å². The van der Waals surface area contributed by atoms with Crippen LogP contribution in [0, 0.1) is 5.41 Å². The molecule has 19 heavy (non-hydrogen) atoms. The summed E-state index contributed by atoms with van der Waals surface area (Å²) >= 11 is 1.53. The van der Waals surface area contributed by atoms with Gasteiger partial charge in [-0.2, -0.15) is 0 Å². The first-order valence-electron chi connectivity index (χ1n) is 5.59. The lowest BCUT2D eigenvalue weighted by Gasteiger charge is -2.06. The van der Waals surface area contributed by atoms with E-state index >= 15 is 0 Å². The smallest absolute Gasteiger partial charge is 0.209 e. The standard InChI is InChI=1S/C11H14N6OS/c1-17-11(14-15-16-17)19-7-6-18-9-4-2-8(3-5-9)10(12)13/h2-5H,6-7H2,1H3,(H3,12,13). The van der Waals surface area contributed by atoms with Gasteiger partial charge in [0.25, 0.3) is 0 Å². The molecule has 1 aromatic carbocycles. The molecule has 0 radical (unpaired) electrons. The minimum Gasteiger partial charge on any atom is -0.493 e. The van der Waals surface area contributed by atoms with Crippen LogP contribution < -0.4 is 10.5 Å². The van der Waals surface area contributed by atoms with E-state index in [0.29, 0.717) is 12.2 Å². The zero-order valence-electron chi connectivity index (χ0n) is 10.4. The highest BCUT2D eigenvalue weighted by Crippen LogP contribution is 2.15. The summed E-state index contributed by atoms with van der Waals surface area (Å²) in [5.74, 6) is 1.56. The minimum atomic E-state index is 0.0527. The van der Waals surface area contributed by atoms with E-state index in [1.165, 1.54) is 11.8 Å². The molecule has 0 bridgehead atoms. The molecule has 0 aliphatic rings. The number of nitrogens with zero attached hydrogens (tertiary/aromatic N) is 4. The van der Waals surface area contributed by atoms with Gasteiger partial charge >= 0.3 is 0 Å². The predicted molar refractivity (Wildman–Crippen MR) is 72.5 cm³/mol. The van der Waals surface area contributed by atoms with Gasteiger partial charge in [0, 0.05) is 18.4 Å². The lowest BCUT2D eigenvalue weighted by molar-refractivity contribution is 0.344. The molecule has 0 fully saturated rings. The van der Waals surface area contributed by atoms with Gasteiger partial charge in [-0.3, -0.25) is 5.41 Å². The van der Waals surface area contributed by atoms with E-state index in [9.17, 15) is 0 Å². The van der Waals surface area contributed by atoms with Crippen LogP contribution in [0.3, 0.4) is 0 Å². The summed E-state index contributed by atoms with van der Waals surface area (Å²) in [6.07, 6.45) is 0. The van der Waals surface area contributed by atoms with Crippen molar-refractivity contribution in [1.29, 1.82) is 5.41 Å².